The van der Waals surface area contributed by atoms with Gasteiger partial charge in [0.1, 0.15) is 11.6 Å². The highest BCUT2D eigenvalue weighted by molar-refractivity contribution is 5.61. The lowest BCUT2D eigenvalue weighted by atomic mass is 10.1. The van der Waals surface area contributed by atoms with Crippen LogP contribution in [0.1, 0.15) is 6.92 Å². The lowest BCUT2D eigenvalue weighted by molar-refractivity contribution is 0.411. The first-order valence-corrected chi connectivity index (χ1v) is 5.65. The molecule has 0 aliphatic rings. The van der Waals surface area contributed by atoms with Gasteiger partial charge in [-0.05, 0) is 25.1 Å². The summed E-state index contributed by atoms with van der Waals surface area (Å²) in [4.78, 5) is 8.29. The van der Waals surface area contributed by atoms with Crippen LogP contribution in [0.4, 0.5) is 10.3 Å². The third kappa shape index (κ3) is 2.56. The normalized spacial score (nSPS) is 10.2. The van der Waals surface area contributed by atoms with E-state index in [0.717, 1.165) is 0 Å². The summed E-state index contributed by atoms with van der Waals surface area (Å²) in [5.41, 5.74) is 0.971. The van der Waals surface area contributed by atoms with Gasteiger partial charge in [0.2, 0.25) is 5.95 Å². The van der Waals surface area contributed by atoms with Gasteiger partial charge in [0.15, 0.2) is 0 Å². The zero-order valence-electron chi connectivity index (χ0n) is 10.3. The molecule has 0 saturated heterocycles. The molecule has 0 fully saturated rings. The van der Waals surface area contributed by atoms with Crippen LogP contribution in [0.15, 0.2) is 30.5 Å². The standard InChI is InChI=1S/C13H14FN3O/c1-3-15-13-16-7-6-12(17-13)10-5-4-9(18-2)8-11(10)14/h4-8H,3H2,1-2H3,(H,15,16,17). The van der Waals surface area contributed by atoms with Gasteiger partial charge < -0.3 is 10.1 Å². The summed E-state index contributed by atoms with van der Waals surface area (Å²) < 4.78 is 18.8. The Morgan fingerprint density at radius 1 is 1.33 bits per heavy atom. The second-order valence-corrected chi connectivity index (χ2v) is 3.64. The average Bonchev–Trinajstić information content (AvgIpc) is 2.39. The molecule has 0 atom stereocenters. The third-order valence-corrected chi connectivity index (χ3v) is 2.44. The fraction of sp³-hybridized carbons (Fsp3) is 0.231. The van der Waals surface area contributed by atoms with Crippen molar-refractivity contribution in [2.75, 3.05) is 19.0 Å². The maximum Gasteiger partial charge on any atom is 0.223 e. The highest BCUT2D eigenvalue weighted by Crippen LogP contribution is 2.24. The minimum atomic E-state index is -0.365. The molecule has 0 aliphatic heterocycles. The number of rotatable bonds is 4. The number of aromatic nitrogens is 2. The maximum absolute atomic E-state index is 13.9. The number of nitrogens with one attached hydrogen (secondary N) is 1. The molecule has 5 heteroatoms. The molecule has 4 nitrogen and oxygen atoms in total. The fourth-order valence-electron chi connectivity index (χ4n) is 1.58. The van der Waals surface area contributed by atoms with Gasteiger partial charge in [-0.2, -0.15) is 0 Å². The van der Waals surface area contributed by atoms with Crippen molar-refractivity contribution in [2.24, 2.45) is 0 Å². The van der Waals surface area contributed by atoms with E-state index in [0.29, 0.717) is 29.5 Å². The van der Waals surface area contributed by atoms with Crippen molar-refractivity contribution in [3.8, 4) is 17.0 Å². The molecule has 0 unspecified atom stereocenters. The molecular formula is C13H14FN3O. The van der Waals surface area contributed by atoms with E-state index >= 15 is 0 Å². The molecular weight excluding hydrogens is 233 g/mol. The summed E-state index contributed by atoms with van der Waals surface area (Å²) in [6, 6.07) is 6.36. The molecule has 0 aliphatic carbocycles. The summed E-state index contributed by atoms with van der Waals surface area (Å²) in [7, 11) is 1.50. The minimum absolute atomic E-state index is 0.365. The summed E-state index contributed by atoms with van der Waals surface area (Å²) >= 11 is 0. The zero-order chi connectivity index (χ0) is 13.0. The molecule has 1 aromatic carbocycles. The van der Waals surface area contributed by atoms with Crippen LogP contribution >= 0.6 is 0 Å². The molecule has 94 valence electrons. The van der Waals surface area contributed by atoms with Crippen LogP contribution in [0.5, 0.6) is 5.75 Å². The summed E-state index contributed by atoms with van der Waals surface area (Å²) in [6.07, 6.45) is 1.60. The average molecular weight is 247 g/mol. The quantitative estimate of drug-likeness (QED) is 0.902. The number of nitrogens with zero attached hydrogens (tertiary/aromatic N) is 2. The number of halogens is 1. The Balaban J connectivity index is 2.38. The van der Waals surface area contributed by atoms with Gasteiger partial charge in [0.25, 0.3) is 0 Å². The van der Waals surface area contributed by atoms with E-state index in [-0.39, 0.29) is 5.82 Å². The molecule has 0 radical (unpaired) electrons. The van der Waals surface area contributed by atoms with Gasteiger partial charge in [-0.15, -0.1) is 0 Å². The summed E-state index contributed by atoms with van der Waals surface area (Å²) in [5, 5.41) is 2.99. The van der Waals surface area contributed by atoms with Crippen molar-refractivity contribution >= 4 is 5.95 Å². The van der Waals surface area contributed by atoms with Crippen molar-refractivity contribution in [3.05, 3.63) is 36.3 Å². The molecule has 1 aromatic heterocycles. The number of benzene rings is 1. The third-order valence-electron chi connectivity index (χ3n) is 2.44. The number of ether oxygens (including phenoxy) is 1. The molecule has 0 amide bonds. The summed E-state index contributed by atoms with van der Waals surface area (Å²) in [6.45, 7) is 2.67. The van der Waals surface area contributed by atoms with Gasteiger partial charge in [0.05, 0.1) is 12.8 Å². The van der Waals surface area contributed by atoms with Crippen molar-refractivity contribution in [3.63, 3.8) is 0 Å². The van der Waals surface area contributed by atoms with Crippen LogP contribution in [-0.2, 0) is 0 Å². The molecule has 0 saturated carbocycles. The number of anilines is 1. The predicted octanol–water partition coefficient (Wildman–Crippen LogP) is 2.72. The van der Waals surface area contributed by atoms with Crippen LogP contribution in [0.2, 0.25) is 0 Å². The lowest BCUT2D eigenvalue weighted by Gasteiger charge is -2.07. The molecule has 0 bridgehead atoms. The number of hydrogen-bond donors (Lipinski definition) is 1. The number of methoxy groups -OCH3 is 1. The topological polar surface area (TPSA) is 47.0 Å². The lowest BCUT2D eigenvalue weighted by Crippen LogP contribution is -2.02. The van der Waals surface area contributed by atoms with E-state index in [9.17, 15) is 4.39 Å². The van der Waals surface area contributed by atoms with Gasteiger partial charge in [0, 0.05) is 24.4 Å². The van der Waals surface area contributed by atoms with E-state index in [2.05, 4.69) is 15.3 Å². The van der Waals surface area contributed by atoms with Gasteiger partial charge >= 0.3 is 0 Å². The predicted molar refractivity (Wildman–Crippen MR) is 68.1 cm³/mol. The van der Waals surface area contributed by atoms with E-state index < -0.39 is 0 Å². The highest BCUT2D eigenvalue weighted by atomic mass is 19.1. The van der Waals surface area contributed by atoms with Crippen molar-refractivity contribution in [1.82, 2.24) is 9.97 Å². The molecule has 18 heavy (non-hydrogen) atoms. The molecule has 1 heterocycles. The highest BCUT2D eigenvalue weighted by Gasteiger charge is 2.08. The Hall–Kier alpha value is -2.17. The molecule has 2 aromatic rings. The Morgan fingerprint density at radius 2 is 2.17 bits per heavy atom. The largest absolute Gasteiger partial charge is 0.497 e. The van der Waals surface area contributed by atoms with Crippen LogP contribution in [0, 0.1) is 5.82 Å². The van der Waals surface area contributed by atoms with Crippen molar-refractivity contribution < 1.29 is 9.13 Å². The Bertz CT molecular complexity index is 546. The van der Waals surface area contributed by atoms with Crippen LogP contribution < -0.4 is 10.1 Å². The van der Waals surface area contributed by atoms with Gasteiger partial charge in [-0.1, -0.05) is 0 Å². The maximum atomic E-state index is 13.9. The van der Waals surface area contributed by atoms with Crippen LogP contribution in [0.3, 0.4) is 0 Å². The monoisotopic (exact) mass is 247 g/mol. The first-order chi connectivity index (χ1) is 8.74. The minimum Gasteiger partial charge on any atom is -0.497 e. The van der Waals surface area contributed by atoms with E-state index in [1.54, 1.807) is 24.4 Å². The molecule has 2 rings (SSSR count). The Morgan fingerprint density at radius 3 is 2.83 bits per heavy atom. The van der Waals surface area contributed by atoms with Crippen LogP contribution in [-0.4, -0.2) is 23.6 Å². The zero-order valence-corrected chi connectivity index (χ0v) is 10.3. The van der Waals surface area contributed by atoms with Crippen molar-refractivity contribution in [1.29, 1.82) is 0 Å². The molecule has 0 spiro atoms. The fourth-order valence-corrected chi connectivity index (χ4v) is 1.58. The van der Waals surface area contributed by atoms with E-state index in [1.165, 1.54) is 13.2 Å². The van der Waals surface area contributed by atoms with Gasteiger partial charge in [-0.25, -0.2) is 14.4 Å². The van der Waals surface area contributed by atoms with Gasteiger partial charge in [-0.3, -0.25) is 0 Å². The first kappa shape index (κ1) is 12.3. The smallest absolute Gasteiger partial charge is 0.223 e. The summed E-state index contributed by atoms with van der Waals surface area (Å²) in [5.74, 6) is 0.609. The van der Waals surface area contributed by atoms with E-state index in [4.69, 9.17) is 4.74 Å². The van der Waals surface area contributed by atoms with E-state index in [1.807, 2.05) is 6.92 Å². The number of hydrogen-bond acceptors (Lipinski definition) is 4. The molecule has 1 N–H and O–H groups in total. The SMILES string of the molecule is CCNc1nccc(-c2ccc(OC)cc2F)n1. The van der Waals surface area contributed by atoms with Crippen LogP contribution in [0.25, 0.3) is 11.3 Å². The second kappa shape index (κ2) is 5.44. The second-order valence-electron chi connectivity index (χ2n) is 3.64. The first-order valence-electron chi connectivity index (χ1n) is 5.65. The van der Waals surface area contributed by atoms with Crippen molar-refractivity contribution in [2.45, 2.75) is 6.92 Å². The Labute approximate surface area is 105 Å². The Kier molecular flexibility index (Phi) is 3.72.